The third kappa shape index (κ3) is 2.72. The third-order valence-electron chi connectivity index (χ3n) is 4.46. The van der Waals surface area contributed by atoms with Crippen molar-refractivity contribution in [2.75, 3.05) is 18.0 Å². The summed E-state index contributed by atoms with van der Waals surface area (Å²) in [6.07, 6.45) is 2.10. The van der Waals surface area contributed by atoms with E-state index in [0.717, 1.165) is 59.2 Å². The Hall–Kier alpha value is -2.27. The van der Waals surface area contributed by atoms with Gasteiger partial charge in [-0.3, -0.25) is 0 Å². The molecule has 0 spiro atoms. The number of aromatic nitrogens is 1. The van der Waals surface area contributed by atoms with Crippen LogP contribution in [0.25, 0.3) is 22.4 Å². The largest absolute Gasteiger partial charge is 0.454 e. The molecule has 1 fully saturated rings. The maximum atomic E-state index is 5.90. The first-order chi connectivity index (χ1) is 11.2. The Balaban J connectivity index is 1.54. The first-order valence-electron chi connectivity index (χ1n) is 7.84. The smallest absolute Gasteiger partial charge is 0.185 e. The Labute approximate surface area is 139 Å². The molecule has 2 aromatic heterocycles. The first-order valence-corrected chi connectivity index (χ1v) is 8.72. The Morgan fingerprint density at radius 1 is 1.30 bits per heavy atom. The summed E-state index contributed by atoms with van der Waals surface area (Å²) < 4.78 is 5.90. The number of furan rings is 1. The molecule has 1 saturated heterocycles. The number of allylic oxidation sites excluding steroid dienone is 1. The number of rotatable bonds is 3. The van der Waals surface area contributed by atoms with Crippen LogP contribution in [-0.4, -0.2) is 18.1 Å². The van der Waals surface area contributed by atoms with Crippen LogP contribution in [-0.2, 0) is 0 Å². The molecule has 4 rings (SSSR count). The average Bonchev–Trinajstić information content (AvgIpc) is 3.21. The van der Waals surface area contributed by atoms with Crippen LogP contribution in [0.2, 0.25) is 0 Å². The molecule has 23 heavy (non-hydrogen) atoms. The standard InChI is InChI=1S/C18H19N3OS/c1-12(19)13-6-8-21(9-7-13)18-20-15(11-23-18)17-10-14-4-2-3-5-16(14)22-17/h2-5,10-11,13H,1,6-9,19H2. The summed E-state index contributed by atoms with van der Waals surface area (Å²) >= 11 is 1.67. The maximum absolute atomic E-state index is 5.90. The second kappa shape index (κ2) is 5.74. The van der Waals surface area contributed by atoms with Gasteiger partial charge in [0.05, 0.1) is 0 Å². The number of hydrogen-bond donors (Lipinski definition) is 1. The van der Waals surface area contributed by atoms with Crippen LogP contribution in [0.4, 0.5) is 5.13 Å². The number of thiazole rings is 1. The summed E-state index contributed by atoms with van der Waals surface area (Å²) in [7, 11) is 0. The summed E-state index contributed by atoms with van der Waals surface area (Å²) in [6.45, 7) is 5.84. The van der Waals surface area contributed by atoms with Crippen LogP contribution in [0.3, 0.4) is 0 Å². The topological polar surface area (TPSA) is 55.3 Å². The molecule has 0 atom stereocenters. The minimum Gasteiger partial charge on any atom is -0.454 e. The fourth-order valence-electron chi connectivity index (χ4n) is 3.07. The average molecular weight is 325 g/mol. The van der Waals surface area contributed by atoms with Gasteiger partial charge in [-0.05, 0) is 25.0 Å². The minimum atomic E-state index is 0.445. The number of nitrogens with two attached hydrogens (primary N) is 1. The van der Waals surface area contributed by atoms with Gasteiger partial charge in [0, 0.05) is 35.5 Å². The van der Waals surface area contributed by atoms with Crippen molar-refractivity contribution in [2.45, 2.75) is 12.8 Å². The monoisotopic (exact) mass is 325 g/mol. The highest BCUT2D eigenvalue weighted by atomic mass is 32.1. The molecule has 3 heterocycles. The molecule has 4 nitrogen and oxygen atoms in total. The molecular weight excluding hydrogens is 306 g/mol. The predicted octanol–water partition coefficient (Wildman–Crippen LogP) is 4.25. The fraction of sp³-hybridized carbons (Fsp3) is 0.278. The van der Waals surface area contributed by atoms with E-state index in [9.17, 15) is 0 Å². The lowest BCUT2D eigenvalue weighted by molar-refractivity contribution is 0.456. The predicted molar refractivity (Wildman–Crippen MR) is 95.6 cm³/mol. The van der Waals surface area contributed by atoms with E-state index < -0.39 is 0 Å². The van der Waals surface area contributed by atoms with E-state index in [-0.39, 0.29) is 0 Å². The van der Waals surface area contributed by atoms with E-state index in [4.69, 9.17) is 15.1 Å². The van der Waals surface area contributed by atoms with Crippen molar-refractivity contribution in [3.8, 4) is 11.5 Å². The Bertz CT molecular complexity index is 810. The summed E-state index contributed by atoms with van der Waals surface area (Å²) in [5, 5.41) is 4.24. The van der Waals surface area contributed by atoms with Crippen LogP contribution in [0.15, 0.2) is 52.4 Å². The van der Waals surface area contributed by atoms with Gasteiger partial charge >= 0.3 is 0 Å². The van der Waals surface area contributed by atoms with E-state index in [1.54, 1.807) is 11.3 Å². The number of anilines is 1. The fourth-order valence-corrected chi connectivity index (χ4v) is 3.94. The van der Waals surface area contributed by atoms with E-state index in [2.05, 4.69) is 29.0 Å². The van der Waals surface area contributed by atoms with Crippen LogP contribution in [0, 0.1) is 5.92 Å². The van der Waals surface area contributed by atoms with Crippen molar-refractivity contribution < 1.29 is 4.42 Å². The van der Waals surface area contributed by atoms with Gasteiger partial charge in [-0.15, -0.1) is 11.3 Å². The highest BCUT2D eigenvalue weighted by Crippen LogP contribution is 2.33. The van der Waals surface area contributed by atoms with Crippen molar-refractivity contribution in [1.82, 2.24) is 4.98 Å². The zero-order chi connectivity index (χ0) is 15.8. The van der Waals surface area contributed by atoms with E-state index in [1.165, 1.54) is 0 Å². The number of para-hydroxylation sites is 1. The van der Waals surface area contributed by atoms with Crippen LogP contribution < -0.4 is 10.6 Å². The lowest BCUT2D eigenvalue weighted by atomic mass is 9.95. The first kappa shape index (κ1) is 14.3. The van der Waals surface area contributed by atoms with Gasteiger partial charge in [-0.2, -0.15) is 0 Å². The van der Waals surface area contributed by atoms with Crippen molar-refractivity contribution in [3.63, 3.8) is 0 Å². The normalized spacial score (nSPS) is 16.1. The molecule has 0 unspecified atom stereocenters. The quantitative estimate of drug-likeness (QED) is 0.782. The van der Waals surface area contributed by atoms with Crippen molar-refractivity contribution >= 4 is 27.4 Å². The van der Waals surface area contributed by atoms with E-state index >= 15 is 0 Å². The molecule has 0 radical (unpaired) electrons. The molecule has 2 N–H and O–H groups in total. The second-order valence-electron chi connectivity index (χ2n) is 6.00. The lowest BCUT2D eigenvalue weighted by Gasteiger charge is -2.31. The molecule has 0 saturated carbocycles. The summed E-state index contributed by atoms with van der Waals surface area (Å²) in [6, 6.07) is 10.1. The molecule has 1 aromatic carbocycles. The minimum absolute atomic E-state index is 0.445. The number of fused-ring (bicyclic) bond motifs is 1. The molecule has 0 amide bonds. The highest BCUT2D eigenvalue weighted by Gasteiger charge is 2.22. The molecule has 0 aliphatic carbocycles. The second-order valence-corrected chi connectivity index (χ2v) is 6.84. The van der Waals surface area contributed by atoms with Gasteiger partial charge < -0.3 is 15.1 Å². The zero-order valence-electron chi connectivity index (χ0n) is 12.9. The lowest BCUT2D eigenvalue weighted by Crippen LogP contribution is -2.35. The summed E-state index contributed by atoms with van der Waals surface area (Å²) in [5.74, 6) is 1.28. The Morgan fingerprint density at radius 2 is 2.09 bits per heavy atom. The third-order valence-corrected chi connectivity index (χ3v) is 5.36. The molecular formula is C18H19N3OS. The molecule has 5 heteroatoms. The van der Waals surface area contributed by atoms with Gasteiger partial charge in [-0.1, -0.05) is 24.8 Å². The van der Waals surface area contributed by atoms with Gasteiger partial charge in [-0.25, -0.2) is 4.98 Å². The summed E-state index contributed by atoms with van der Waals surface area (Å²) in [5.41, 5.74) is 8.45. The van der Waals surface area contributed by atoms with Crippen LogP contribution in [0.1, 0.15) is 12.8 Å². The van der Waals surface area contributed by atoms with Gasteiger partial charge in [0.2, 0.25) is 0 Å². The van der Waals surface area contributed by atoms with Crippen LogP contribution in [0.5, 0.6) is 0 Å². The van der Waals surface area contributed by atoms with Crippen molar-refractivity contribution in [1.29, 1.82) is 0 Å². The van der Waals surface area contributed by atoms with Gasteiger partial charge in [0.15, 0.2) is 10.9 Å². The Morgan fingerprint density at radius 3 is 2.83 bits per heavy atom. The Kier molecular flexibility index (Phi) is 3.58. The molecule has 3 aromatic rings. The zero-order valence-corrected chi connectivity index (χ0v) is 13.7. The van der Waals surface area contributed by atoms with E-state index in [0.29, 0.717) is 5.92 Å². The number of hydrogen-bond acceptors (Lipinski definition) is 5. The number of benzene rings is 1. The highest BCUT2D eigenvalue weighted by molar-refractivity contribution is 7.14. The molecule has 118 valence electrons. The van der Waals surface area contributed by atoms with Crippen molar-refractivity contribution in [2.24, 2.45) is 11.7 Å². The van der Waals surface area contributed by atoms with Gasteiger partial charge in [0.1, 0.15) is 11.3 Å². The molecule has 0 bridgehead atoms. The van der Waals surface area contributed by atoms with Gasteiger partial charge in [0.25, 0.3) is 0 Å². The summed E-state index contributed by atoms with van der Waals surface area (Å²) in [4.78, 5) is 7.10. The maximum Gasteiger partial charge on any atom is 0.185 e. The SMILES string of the molecule is C=C(N)C1CCN(c2nc(-c3cc4ccccc4o3)cs2)CC1. The molecule has 1 aliphatic rings. The van der Waals surface area contributed by atoms with Crippen LogP contribution >= 0.6 is 11.3 Å². The number of piperidine rings is 1. The number of nitrogens with zero attached hydrogens (tertiary/aromatic N) is 2. The van der Waals surface area contributed by atoms with E-state index in [1.807, 2.05) is 18.2 Å². The van der Waals surface area contributed by atoms with Crippen molar-refractivity contribution in [3.05, 3.63) is 48.0 Å². The molecule has 1 aliphatic heterocycles.